The Bertz CT molecular complexity index is 679. The Balaban J connectivity index is 2.29. The minimum absolute atomic E-state index is 0.0912. The summed E-state index contributed by atoms with van der Waals surface area (Å²) in [5, 5.41) is 18.8. The quantitative estimate of drug-likeness (QED) is 0.855. The van der Waals surface area contributed by atoms with Crippen LogP contribution in [0.2, 0.25) is 5.02 Å². The number of carbonyl (C=O) groups excluding carboxylic acids is 1. The van der Waals surface area contributed by atoms with Crippen LogP contribution in [0.1, 0.15) is 28.4 Å². The van der Waals surface area contributed by atoms with Crippen molar-refractivity contribution in [3.8, 4) is 12.1 Å². The van der Waals surface area contributed by atoms with Crippen molar-refractivity contribution in [1.82, 2.24) is 4.98 Å². The SMILES string of the molecule is N#CC(C#N)C(CC(=O)c1ccc[nH]1)c1ccc(Cl)cc1. The van der Waals surface area contributed by atoms with Crippen molar-refractivity contribution in [3.63, 3.8) is 0 Å². The molecule has 1 heterocycles. The van der Waals surface area contributed by atoms with Gasteiger partial charge in [0.1, 0.15) is 5.92 Å². The van der Waals surface area contributed by atoms with Crippen molar-refractivity contribution in [2.24, 2.45) is 5.92 Å². The lowest BCUT2D eigenvalue weighted by Crippen LogP contribution is -2.15. The highest BCUT2D eigenvalue weighted by Gasteiger charge is 2.26. The van der Waals surface area contributed by atoms with Crippen LogP contribution in [0, 0.1) is 28.6 Å². The second kappa shape index (κ2) is 6.74. The molecule has 0 radical (unpaired) electrons. The van der Waals surface area contributed by atoms with E-state index >= 15 is 0 Å². The number of H-pyrrole nitrogens is 1. The summed E-state index contributed by atoms with van der Waals surface area (Å²) < 4.78 is 0. The van der Waals surface area contributed by atoms with Gasteiger partial charge >= 0.3 is 0 Å². The molecule has 2 rings (SSSR count). The zero-order valence-corrected chi connectivity index (χ0v) is 11.8. The van der Waals surface area contributed by atoms with E-state index in [2.05, 4.69) is 4.98 Å². The zero-order valence-electron chi connectivity index (χ0n) is 11.1. The molecule has 0 bridgehead atoms. The molecule has 104 valence electrons. The van der Waals surface area contributed by atoms with Gasteiger partial charge in [-0.15, -0.1) is 0 Å². The summed E-state index contributed by atoms with van der Waals surface area (Å²) in [5.74, 6) is -1.49. The molecule has 1 N–H and O–H groups in total. The maximum Gasteiger partial charge on any atom is 0.179 e. The maximum atomic E-state index is 12.2. The molecule has 0 fully saturated rings. The second-order valence-electron chi connectivity index (χ2n) is 4.61. The van der Waals surface area contributed by atoms with Gasteiger partial charge < -0.3 is 4.98 Å². The highest BCUT2D eigenvalue weighted by molar-refractivity contribution is 6.30. The molecule has 2 aromatic rings. The van der Waals surface area contributed by atoms with Gasteiger partial charge in [0, 0.05) is 23.6 Å². The summed E-state index contributed by atoms with van der Waals surface area (Å²) in [6.07, 6.45) is 1.75. The maximum absolute atomic E-state index is 12.2. The fourth-order valence-corrected chi connectivity index (χ4v) is 2.29. The molecule has 1 atom stereocenters. The molecule has 1 aromatic carbocycles. The van der Waals surface area contributed by atoms with E-state index in [0.717, 1.165) is 5.56 Å². The Morgan fingerprint density at radius 1 is 1.19 bits per heavy atom. The standard InChI is InChI=1S/C16H12ClN3O/c17-13-5-3-11(4-6-13)14(12(9-18)10-19)8-16(21)15-2-1-7-20-15/h1-7,12,14,20H,8H2. The van der Waals surface area contributed by atoms with Gasteiger partial charge in [-0.2, -0.15) is 10.5 Å². The number of nitrogens with one attached hydrogen (secondary N) is 1. The molecule has 21 heavy (non-hydrogen) atoms. The number of hydrogen-bond donors (Lipinski definition) is 1. The number of halogens is 1. The molecule has 0 amide bonds. The zero-order chi connectivity index (χ0) is 15.2. The Kier molecular flexibility index (Phi) is 4.77. The largest absolute Gasteiger partial charge is 0.359 e. The van der Waals surface area contributed by atoms with E-state index in [0.29, 0.717) is 10.7 Å². The van der Waals surface area contributed by atoms with Crippen LogP contribution in [-0.4, -0.2) is 10.8 Å². The van der Waals surface area contributed by atoms with Gasteiger partial charge in [-0.05, 0) is 29.8 Å². The number of rotatable bonds is 5. The monoisotopic (exact) mass is 297 g/mol. The summed E-state index contributed by atoms with van der Waals surface area (Å²) in [7, 11) is 0. The molecule has 5 heteroatoms. The number of carbonyl (C=O) groups is 1. The molecule has 0 saturated heterocycles. The number of benzene rings is 1. The van der Waals surface area contributed by atoms with Gasteiger partial charge in [0.2, 0.25) is 0 Å². The van der Waals surface area contributed by atoms with Gasteiger partial charge in [-0.3, -0.25) is 4.79 Å². The van der Waals surface area contributed by atoms with Crippen LogP contribution in [0.5, 0.6) is 0 Å². The first-order valence-electron chi connectivity index (χ1n) is 6.37. The molecule has 0 spiro atoms. The van der Waals surface area contributed by atoms with E-state index in [4.69, 9.17) is 22.1 Å². The first-order chi connectivity index (χ1) is 10.2. The third-order valence-electron chi connectivity index (χ3n) is 3.28. The van der Waals surface area contributed by atoms with E-state index in [1.165, 1.54) is 0 Å². The Morgan fingerprint density at radius 2 is 1.86 bits per heavy atom. The predicted octanol–water partition coefficient (Wildman–Crippen LogP) is 3.69. The number of Topliss-reactive ketones (excluding diaryl/α,β-unsaturated/α-hetero) is 1. The number of aromatic nitrogens is 1. The number of hydrogen-bond acceptors (Lipinski definition) is 3. The highest BCUT2D eigenvalue weighted by Crippen LogP contribution is 2.30. The first-order valence-corrected chi connectivity index (χ1v) is 6.74. The van der Waals surface area contributed by atoms with Crippen molar-refractivity contribution in [2.75, 3.05) is 0 Å². The van der Waals surface area contributed by atoms with Crippen LogP contribution in [0.25, 0.3) is 0 Å². The van der Waals surface area contributed by atoms with Crippen LogP contribution in [0.4, 0.5) is 0 Å². The van der Waals surface area contributed by atoms with Gasteiger partial charge in [-0.1, -0.05) is 23.7 Å². The second-order valence-corrected chi connectivity index (χ2v) is 5.04. The summed E-state index contributed by atoms with van der Waals surface area (Å²) in [6, 6.07) is 14.2. The minimum Gasteiger partial charge on any atom is -0.359 e. The van der Waals surface area contributed by atoms with Crippen LogP contribution in [-0.2, 0) is 0 Å². The molecule has 4 nitrogen and oxygen atoms in total. The van der Waals surface area contributed by atoms with Crippen LogP contribution in [0.15, 0.2) is 42.6 Å². The fraction of sp³-hybridized carbons (Fsp3) is 0.188. The van der Waals surface area contributed by atoms with Crippen LogP contribution >= 0.6 is 11.6 Å². The van der Waals surface area contributed by atoms with E-state index in [9.17, 15) is 4.79 Å². The normalized spacial score (nSPS) is 11.6. The van der Waals surface area contributed by atoms with E-state index in [1.807, 2.05) is 12.1 Å². The molecule has 0 aliphatic heterocycles. The number of ketones is 1. The third kappa shape index (κ3) is 3.51. The van der Waals surface area contributed by atoms with Crippen molar-refractivity contribution in [1.29, 1.82) is 10.5 Å². The average Bonchev–Trinajstić information content (AvgIpc) is 3.02. The van der Waals surface area contributed by atoms with Crippen molar-refractivity contribution >= 4 is 17.4 Å². The summed E-state index contributed by atoms with van der Waals surface area (Å²) in [6.45, 7) is 0. The molecule has 1 unspecified atom stereocenters. The number of nitriles is 2. The lowest BCUT2D eigenvalue weighted by molar-refractivity contribution is 0.0966. The van der Waals surface area contributed by atoms with Gasteiger partial charge in [0.05, 0.1) is 17.8 Å². The van der Waals surface area contributed by atoms with E-state index < -0.39 is 11.8 Å². The van der Waals surface area contributed by atoms with Gasteiger partial charge in [0.25, 0.3) is 0 Å². The third-order valence-corrected chi connectivity index (χ3v) is 3.53. The molecule has 1 aromatic heterocycles. The van der Waals surface area contributed by atoms with Gasteiger partial charge in [0.15, 0.2) is 5.78 Å². The Hall–Kier alpha value is -2.56. The molecule has 0 saturated carbocycles. The van der Waals surface area contributed by atoms with Crippen molar-refractivity contribution < 1.29 is 4.79 Å². The van der Waals surface area contributed by atoms with E-state index in [-0.39, 0.29) is 12.2 Å². The summed E-state index contributed by atoms with van der Waals surface area (Å²) >= 11 is 5.85. The highest BCUT2D eigenvalue weighted by atomic mass is 35.5. The first kappa shape index (κ1) is 14.8. The molecule has 0 aliphatic carbocycles. The number of aromatic amines is 1. The van der Waals surface area contributed by atoms with Crippen LogP contribution in [0.3, 0.4) is 0 Å². The lowest BCUT2D eigenvalue weighted by atomic mass is 9.83. The van der Waals surface area contributed by atoms with Crippen molar-refractivity contribution in [2.45, 2.75) is 12.3 Å². The summed E-state index contributed by atoms with van der Waals surface area (Å²) in [5.41, 5.74) is 1.23. The average molecular weight is 298 g/mol. The smallest absolute Gasteiger partial charge is 0.179 e. The van der Waals surface area contributed by atoms with Crippen molar-refractivity contribution in [3.05, 3.63) is 58.9 Å². The molecular formula is C16H12ClN3O. The molecule has 0 aliphatic rings. The predicted molar refractivity (Wildman–Crippen MR) is 78.6 cm³/mol. The minimum atomic E-state index is -0.884. The molecular weight excluding hydrogens is 286 g/mol. The summed E-state index contributed by atoms with van der Waals surface area (Å²) in [4.78, 5) is 15.1. The van der Waals surface area contributed by atoms with Crippen LogP contribution < -0.4 is 0 Å². The lowest BCUT2D eigenvalue weighted by Gasteiger charge is -2.17. The van der Waals surface area contributed by atoms with Gasteiger partial charge in [-0.25, -0.2) is 0 Å². The Morgan fingerprint density at radius 3 is 2.38 bits per heavy atom. The van der Waals surface area contributed by atoms with E-state index in [1.54, 1.807) is 42.6 Å². The number of nitrogens with zero attached hydrogens (tertiary/aromatic N) is 2. The topological polar surface area (TPSA) is 80.4 Å². The fourth-order valence-electron chi connectivity index (χ4n) is 2.16. The Labute approximate surface area is 127 Å².